The molecule has 0 aliphatic carbocycles. The summed E-state index contributed by atoms with van der Waals surface area (Å²) >= 11 is 0. The molecule has 0 fully saturated rings. The Kier molecular flexibility index (Phi) is 6.06. The fourth-order valence-corrected chi connectivity index (χ4v) is 1.32. The van der Waals surface area contributed by atoms with Gasteiger partial charge < -0.3 is 11.1 Å². The van der Waals surface area contributed by atoms with Crippen LogP contribution in [0.25, 0.3) is 0 Å². The van der Waals surface area contributed by atoms with E-state index < -0.39 is 6.04 Å². The van der Waals surface area contributed by atoms with Crippen LogP contribution in [0.15, 0.2) is 6.07 Å². The van der Waals surface area contributed by atoms with Gasteiger partial charge >= 0.3 is 0 Å². The van der Waals surface area contributed by atoms with E-state index in [-0.39, 0.29) is 24.4 Å². The van der Waals surface area contributed by atoms with Gasteiger partial charge in [0.15, 0.2) is 0 Å². The minimum Gasteiger partial charge on any atom is -0.352 e. The van der Waals surface area contributed by atoms with Crippen LogP contribution in [0.1, 0.15) is 25.2 Å². The SMILES string of the molecule is Cc1cc(CC(C)NC(=O)C(C)N)n[nH]1.Cl. The Morgan fingerprint density at radius 1 is 1.62 bits per heavy atom. The largest absolute Gasteiger partial charge is 0.352 e. The molecule has 0 spiro atoms. The molecule has 1 heterocycles. The van der Waals surface area contributed by atoms with Crippen molar-refractivity contribution in [2.24, 2.45) is 5.73 Å². The molecule has 2 unspecified atom stereocenters. The van der Waals surface area contributed by atoms with Gasteiger partial charge in [-0.3, -0.25) is 9.89 Å². The van der Waals surface area contributed by atoms with Crippen LogP contribution in [-0.2, 0) is 11.2 Å². The molecule has 0 radical (unpaired) electrons. The van der Waals surface area contributed by atoms with E-state index in [1.165, 1.54) is 0 Å². The summed E-state index contributed by atoms with van der Waals surface area (Å²) in [5.74, 6) is -0.130. The Bertz CT molecular complexity index is 337. The molecule has 4 N–H and O–H groups in total. The predicted octanol–water partition coefficient (Wildman–Crippen LogP) is 0.534. The molecule has 16 heavy (non-hydrogen) atoms. The lowest BCUT2D eigenvalue weighted by Crippen LogP contribution is -2.43. The van der Waals surface area contributed by atoms with E-state index in [1.807, 2.05) is 19.9 Å². The standard InChI is InChI=1S/C10H18N4O.ClH/c1-6(12-10(15)8(3)11)4-9-5-7(2)13-14-9;/h5-6,8H,4,11H2,1-3H3,(H,12,15)(H,13,14);1H. The molecule has 6 heteroatoms. The summed E-state index contributed by atoms with van der Waals surface area (Å²) < 4.78 is 0. The Morgan fingerprint density at radius 3 is 2.69 bits per heavy atom. The predicted molar refractivity (Wildman–Crippen MR) is 65.5 cm³/mol. The maximum atomic E-state index is 11.3. The van der Waals surface area contributed by atoms with E-state index in [4.69, 9.17) is 5.73 Å². The zero-order valence-electron chi connectivity index (χ0n) is 9.78. The maximum Gasteiger partial charge on any atom is 0.236 e. The van der Waals surface area contributed by atoms with E-state index in [0.29, 0.717) is 6.42 Å². The van der Waals surface area contributed by atoms with Crippen LogP contribution in [0.4, 0.5) is 0 Å². The number of halogens is 1. The van der Waals surface area contributed by atoms with Crippen LogP contribution in [0.5, 0.6) is 0 Å². The van der Waals surface area contributed by atoms with Crippen LogP contribution < -0.4 is 11.1 Å². The molecule has 0 bridgehead atoms. The van der Waals surface area contributed by atoms with Crippen LogP contribution in [-0.4, -0.2) is 28.2 Å². The van der Waals surface area contributed by atoms with Crippen molar-refractivity contribution in [3.63, 3.8) is 0 Å². The maximum absolute atomic E-state index is 11.3. The first-order chi connectivity index (χ1) is 6.99. The van der Waals surface area contributed by atoms with Gasteiger partial charge in [0.1, 0.15) is 0 Å². The highest BCUT2D eigenvalue weighted by molar-refractivity contribution is 5.85. The van der Waals surface area contributed by atoms with Crippen molar-refractivity contribution >= 4 is 18.3 Å². The smallest absolute Gasteiger partial charge is 0.236 e. The summed E-state index contributed by atoms with van der Waals surface area (Å²) in [7, 11) is 0. The van der Waals surface area contributed by atoms with Gasteiger partial charge in [-0.1, -0.05) is 0 Å². The summed E-state index contributed by atoms with van der Waals surface area (Å²) in [5.41, 5.74) is 7.42. The summed E-state index contributed by atoms with van der Waals surface area (Å²) in [4.78, 5) is 11.3. The van der Waals surface area contributed by atoms with Gasteiger partial charge in [0.05, 0.1) is 11.7 Å². The molecular formula is C10H19ClN4O. The number of carbonyl (C=O) groups excluding carboxylic acids is 1. The van der Waals surface area contributed by atoms with Crippen molar-refractivity contribution in [1.82, 2.24) is 15.5 Å². The molecule has 1 aromatic heterocycles. The minimum atomic E-state index is -0.464. The third-order valence-corrected chi connectivity index (χ3v) is 2.08. The second kappa shape index (κ2) is 6.50. The number of nitrogens with one attached hydrogen (secondary N) is 2. The normalized spacial score (nSPS) is 13.8. The van der Waals surface area contributed by atoms with Gasteiger partial charge in [-0.05, 0) is 26.8 Å². The van der Waals surface area contributed by atoms with E-state index >= 15 is 0 Å². The van der Waals surface area contributed by atoms with Gasteiger partial charge in [0, 0.05) is 18.2 Å². The van der Waals surface area contributed by atoms with Gasteiger partial charge in [-0.25, -0.2) is 0 Å². The highest BCUT2D eigenvalue weighted by Crippen LogP contribution is 2.01. The molecule has 0 aliphatic rings. The third-order valence-electron chi connectivity index (χ3n) is 2.08. The van der Waals surface area contributed by atoms with Gasteiger partial charge in [0.25, 0.3) is 0 Å². The van der Waals surface area contributed by atoms with Crippen LogP contribution in [0.2, 0.25) is 0 Å². The number of nitrogens with zero attached hydrogens (tertiary/aromatic N) is 1. The number of H-pyrrole nitrogens is 1. The van der Waals surface area contributed by atoms with Crippen molar-refractivity contribution in [3.05, 3.63) is 17.5 Å². The second-order valence-electron chi connectivity index (χ2n) is 3.94. The number of nitrogens with two attached hydrogens (primary N) is 1. The molecule has 0 aromatic carbocycles. The van der Waals surface area contributed by atoms with E-state index in [2.05, 4.69) is 15.5 Å². The first kappa shape index (κ1) is 14.9. The molecule has 1 aromatic rings. The lowest BCUT2D eigenvalue weighted by Gasteiger charge is -2.14. The first-order valence-corrected chi connectivity index (χ1v) is 5.06. The van der Waals surface area contributed by atoms with Crippen molar-refractivity contribution in [2.45, 2.75) is 39.3 Å². The quantitative estimate of drug-likeness (QED) is 0.725. The number of aromatic amines is 1. The molecule has 92 valence electrons. The number of hydrogen-bond donors (Lipinski definition) is 3. The highest BCUT2D eigenvalue weighted by Gasteiger charge is 2.12. The number of rotatable bonds is 4. The number of carbonyl (C=O) groups is 1. The summed E-state index contributed by atoms with van der Waals surface area (Å²) in [6.45, 7) is 5.55. The molecular weight excluding hydrogens is 228 g/mol. The van der Waals surface area contributed by atoms with E-state index in [0.717, 1.165) is 11.4 Å². The van der Waals surface area contributed by atoms with Crippen molar-refractivity contribution < 1.29 is 4.79 Å². The minimum absolute atomic E-state index is 0. The fraction of sp³-hybridized carbons (Fsp3) is 0.600. The highest BCUT2D eigenvalue weighted by atomic mass is 35.5. The van der Waals surface area contributed by atoms with Crippen LogP contribution in [0, 0.1) is 6.92 Å². The lowest BCUT2D eigenvalue weighted by molar-refractivity contribution is -0.122. The summed E-state index contributed by atoms with van der Waals surface area (Å²) in [6.07, 6.45) is 0.711. The average molecular weight is 247 g/mol. The number of hydrogen-bond acceptors (Lipinski definition) is 3. The number of aryl methyl sites for hydroxylation is 1. The molecule has 1 rings (SSSR count). The van der Waals surface area contributed by atoms with Gasteiger partial charge in [-0.2, -0.15) is 5.10 Å². The van der Waals surface area contributed by atoms with Crippen LogP contribution in [0.3, 0.4) is 0 Å². The monoisotopic (exact) mass is 246 g/mol. The molecule has 0 aliphatic heterocycles. The Morgan fingerprint density at radius 2 is 2.25 bits per heavy atom. The van der Waals surface area contributed by atoms with Gasteiger partial charge in [-0.15, -0.1) is 12.4 Å². The summed E-state index contributed by atoms with van der Waals surface area (Å²) in [6, 6.07) is 1.55. The zero-order valence-corrected chi connectivity index (χ0v) is 10.6. The van der Waals surface area contributed by atoms with Crippen molar-refractivity contribution in [3.8, 4) is 0 Å². The van der Waals surface area contributed by atoms with Crippen LogP contribution >= 0.6 is 12.4 Å². The Balaban J connectivity index is 0.00000225. The molecule has 5 nitrogen and oxygen atoms in total. The number of amides is 1. The number of aromatic nitrogens is 2. The fourth-order valence-electron chi connectivity index (χ4n) is 1.32. The van der Waals surface area contributed by atoms with E-state index in [1.54, 1.807) is 6.92 Å². The van der Waals surface area contributed by atoms with Crippen molar-refractivity contribution in [1.29, 1.82) is 0 Å². The first-order valence-electron chi connectivity index (χ1n) is 5.06. The third kappa shape index (κ3) is 4.63. The Labute approximate surface area is 102 Å². The van der Waals surface area contributed by atoms with Gasteiger partial charge in [0.2, 0.25) is 5.91 Å². The molecule has 1 amide bonds. The Hall–Kier alpha value is -1.07. The molecule has 2 atom stereocenters. The van der Waals surface area contributed by atoms with E-state index in [9.17, 15) is 4.79 Å². The topological polar surface area (TPSA) is 83.8 Å². The summed E-state index contributed by atoms with van der Waals surface area (Å²) in [5, 5.41) is 9.78. The average Bonchev–Trinajstić information content (AvgIpc) is 2.50. The lowest BCUT2D eigenvalue weighted by atomic mass is 10.1. The second-order valence-corrected chi connectivity index (χ2v) is 3.94. The zero-order chi connectivity index (χ0) is 11.4. The molecule has 0 saturated carbocycles. The van der Waals surface area contributed by atoms with Crippen molar-refractivity contribution in [2.75, 3.05) is 0 Å². The molecule has 0 saturated heterocycles.